The molecule has 0 saturated carbocycles. The first-order valence-corrected chi connectivity index (χ1v) is 8.73. The maximum atomic E-state index is 6.19. The van der Waals surface area contributed by atoms with Gasteiger partial charge in [0.05, 0.1) is 6.10 Å². The van der Waals surface area contributed by atoms with E-state index in [0.717, 1.165) is 25.5 Å². The Morgan fingerprint density at radius 2 is 2.20 bits per heavy atom. The van der Waals surface area contributed by atoms with E-state index in [1.807, 2.05) is 12.2 Å². The van der Waals surface area contributed by atoms with Crippen LogP contribution >= 0.6 is 0 Å². The van der Waals surface area contributed by atoms with Gasteiger partial charge < -0.3 is 9.16 Å². The molecule has 0 bridgehead atoms. The zero-order valence-corrected chi connectivity index (χ0v) is 10.9. The van der Waals surface area contributed by atoms with Crippen LogP contribution in [0.4, 0.5) is 0 Å². The lowest BCUT2D eigenvalue weighted by atomic mass is 10.1. The minimum atomic E-state index is -1.59. The van der Waals surface area contributed by atoms with Crippen LogP contribution in [0.25, 0.3) is 0 Å². The molecular formula is C12H22O2Si. The van der Waals surface area contributed by atoms with Gasteiger partial charge in [-0.2, -0.15) is 0 Å². The van der Waals surface area contributed by atoms with Gasteiger partial charge in [0.1, 0.15) is 6.10 Å². The van der Waals surface area contributed by atoms with E-state index in [2.05, 4.69) is 26.3 Å². The highest BCUT2D eigenvalue weighted by molar-refractivity contribution is 6.71. The molecule has 2 nitrogen and oxygen atoms in total. The Labute approximate surface area is 94.1 Å². The number of allylic oxidation sites excluding steroid dienone is 1. The SMILES string of the molecule is C=CC[Si](C)(C)O[C@H]1CCCO[C@@H]1C=C. The van der Waals surface area contributed by atoms with Crippen LogP contribution < -0.4 is 0 Å². The summed E-state index contributed by atoms with van der Waals surface area (Å²) < 4.78 is 11.8. The van der Waals surface area contributed by atoms with Crippen molar-refractivity contribution in [2.75, 3.05) is 6.61 Å². The molecule has 0 N–H and O–H groups in total. The van der Waals surface area contributed by atoms with Gasteiger partial charge >= 0.3 is 0 Å². The number of hydrogen-bond donors (Lipinski definition) is 0. The summed E-state index contributed by atoms with van der Waals surface area (Å²) in [7, 11) is -1.59. The van der Waals surface area contributed by atoms with Gasteiger partial charge in [-0.15, -0.1) is 13.2 Å². The molecule has 0 radical (unpaired) electrons. The molecule has 1 fully saturated rings. The van der Waals surface area contributed by atoms with E-state index in [1.165, 1.54) is 0 Å². The molecule has 2 atom stereocenters. The lowest BCUT2D eigenvalue weighted by Crippen LogP contribution is -2.43. The third-order valence-electron chi connectivity index (χ3n) is 2.65. The Balaban J connectivity index is 2.53. The average Bonchev–Trinajstić information content (AvgIpc) is 2.17. The van der Waals surface area contributed by atoms with E-state index < -0.39 is 8.32 Å². The van der Waals surface area contributed by atoms with E-state index in [0.29, 0.717) is 0 Å². The smallest absolute Gasteiger partial charge is 0.191 e. The molecule has 0 spiro atoms. The summed E-state index contributed by atoms with van der Waals surface area (Å²) in [6, 6.07) is 0.993. The highest BCUT2D eigenvalue weighted by Crippen LogP contribution is 2.23. The predicted molar refractivity (Wildman–Crippen MR) is 66.5 cm³/mol. The van der Waals surface area contributed by atoms with Crippen molar-refractivity contribution < 1.29 is 9.16 Å². The molecular weight excluding hydrogens is 204 g/mol. The summed E-state index contributed by atoms with van der Waals surface area (Å²) in [6.07, 6.45) is 6.28. The first-order chi connectivity index (χ1) is 7.09. The van der Waals surface area contributed by atoms with Crippen molar-refractivity contribution in [2.45, 2.75) is 44.2 Å². The summed E-state index contributed by atoms with van der Waals surface area (Å²) in [5.74, 6) is 0. The zero-order valence-electron chi connectivity index (χ0n) is 9.87. The number of hydrogen-bond acceptors (Lipinski definition) is 2. The average molecular weight is 226 g/mol. The molecule has 0 aromatic rings. The fraction of sp³-hybridized carbons (Fsp3) is 0.667. The third-order valence-corrected chi connectivity index (χ3v) is 4.86. The Bertz CT molecular complexity index is 226. The van der Waals surface area contributed by atoms with E-state index in [4.69, 9.17) is 9.16 Å². The van der Waals surface area contributed by atoms with Crippen LogP contribution in [0.2, 0.25) is 19.1 Å². The summed E-state index contributed by atoms with van der Waals surface area (Å²) >= 11 is 0. The Hall–Kier alpha value is -0.383. The highest BCUT2D eigenvalue weighted by Gasteiger charge is 2.31. The Morgan fingerprint density at radius 3 is 2.80 bits per heavy atom. The fourth-order valence-corrected chi connectivity index (χ4v) is 3.79. The molecule has 1 aliphatic heterocycles. The van der Waals surface area contributed by atoms with Crippen LogP contribution in [0.15, 0.2) is 25.3 Å². The van der Waals surface area contributed by atoms with Crippen molar-refractivity contribution in [3.63, 3.8) is 0 Å². The zero-order chi connectivity index (χ0) is 11.3. The number of ether oxygens (including phenoxy) is 1. The first kappa shape index (κ1) is 12.7. The van der Waals surface area contributed by atoms with Crippen LogP contribution in [-0.4, -0.2) is 27.1 Å². The number of rotatable bonds is 5. The van der Waals surface area contributed by atoms with Crippen molar-refractivity contribution in [3.8, 4) is 0 Å². The van der Waals surface area contributed by atoms with Gasteiger partial charge in [0.2, 0.25) is 0 Å². The lowest BCUT2D eigenvalue weighted by molar-refractivity contribution is -0.0401. The Morgan fingerprint density at radius 1 is 1.47 bits per heavy atom. The molecule has 1 saturated heterocycles. The van der Waals surface area contributed by atoms with E-state index in [-0.39, 0.29) is 12.2 Å². The molecule has 0 aromatic carbocycles. The summed E-state index contributed by atoms with van der Waals surface area (Å²) in [5.41, 5.74) is 0. The normalized spacial score (nSPS) is 27.3. The van der Waals surface area contributed by atoms with Crippen LogP contribution in [0, 0.1) is 0 Å². The molecule has 0 unspecified atom stereocenters. The van der Waals surface area contributed by atoms with Gasteiger partial charge in [-0.3, -0.25) is 0 Å². The van der Waals surface area contributed by atoms with Crippen molar-refractivity contribution in [3.05, 3.63) is 25.3 Å². The van der Waals surface area contributed by atoms with Crippen LogP contribution in [-0.2, 0) is 9.16 Å². The molecule has 1 rings (SSSR count). The third kappa shape index (κ3) is 3.93. The van der Waals surface area contributed by atoms with E-state index in [1.54, 1.807) is 0 Å². The maximum Gasteiger partial charge on any atom is 0.191 e. The van der Waals surface area contributed by atoms with Crippen LogP contribution in [0.1, 0.15) is 12.8 Å². The molecule has 15 heavy (non-hydrogen) atoms. The predicted octanol–water partition coefficient (Wildman–Crippen LogP) is 3.13. The van der Waals surface area contributed by atoms with Crippen molar-refractivity contribution >= 4 is 8.32 Å². The van der Waals surface area contributed by atoms with Gasteiger partial charge in [0.25, 0.3) is 0 Å². The van der Waals surface area contributed by atoms with Crippen molar-refractivity contribution in [2.24, 2.45) is 0 Å². The molecule has 0 aliphatic carbocycles. The largest absolute Gasteiger partial charge is 0.411 e. The van der Waals surface area contributed by atoms with Crippen LogP contribution in [0.3, 0.4) is 0 Å². The summed E-state index contributed by atoms with van der Waals surface area (Å²) in [4.78, 5) is 0. The van der Waals surface area contributed by atoms with Gasteiger partial charge in [-0.05, 0) is 32.0 Å². The molecule has 0 aromatic heterocycles. The standard InChI is InChI=1S/C12H22O2Si/c1-5-10-15(3,4)14-12-8-7-9-13-11(12)6-2/h5-6,11-12H,1-2,7-10H2,3-4H3/t11-,12+/m1/s1. The van der Waals surface area contributed by atoms with Crippen LogP contribution in [0.5, 0.6) is 0 Å². The van der Waals surface area contributed by atoms with E-state index >= 15 is 0 Å². The van der Waals surface area contributed by atoms with Gasteiger partial charge in [-0.25, -0.2) is 0 Å². The quantitative estimate of drug-likeness (QED) is 0.530. The monoisotopic (exact) mass is 226 g/mol. The first-order valence-electron chi connectivity index (χ1n) is 5.62. The van der Waals surface area contributed by atoms with Gasteiger partial charge in [0.15, 0.2) is 8.32 Å². The lowest BCUT2D eigenvalue weighted by Gasteiger charge is -2.35. The molecule has 3 heteroatoms. The molecule has 1 heterocycles. The Kier molecular flexibility index (Phi) is 4.76. The molecule has 0 amide bonds. The van der Waals surface area contributed by atoms with E-state index in [9.17, 15) is 0 Å². The molecule has 1 aliphatic rings. The van der Waals surface area contributed by atoms with Gasteiger partial charge in [-0.1, -0.05) is 12.2 Å². The van der Waals surface area contributed by atoms with Crippen molar-refractivity contribution in [1.82, 2.24) is 0 Å². The maximum absolute atomic E-state index is 6.19. The second-order valence-corrected chi connectivity index (χ2v) is 8.79. The summed E-state index contributed by atoms with van der Waals surface area (Å²) in [5, 5.41) is 0. The minimum Gasteiger partial charge on any atom is -0.411 e. The second-order valence-electron chi connectivity index (χ2n) is 4.62. The molecule has 86 valence electrons. The van der Waals surface area contributed by atoms with Crippen molar-refractivity contribution in [1.29, 1.82) is 0 Å². The summed E-state index contributed by atoms with van der Waals surface area (Å²) in [6.45, 7) is 12.9. The topological polar surface area (TPSA) is 18.5 Å². The highest BCUT2D eigenvalue weighted by atomic mass is 28.4. The minimum absolute atomic E-state index is 0.0790. The fourth-order valence-electron chi connectivity index (χ4n) is 1.93. The second kappa shape index (κ2) is 5.63. The van der Waals surface area contributed by atoms with Gasteiger partial charge in [0, 0.05) is 6.61 Å².